The molecule has 5 atom stereocenters. The van der Waals surface area contributed by atoms with Crippen LogP contribution in [0, 0.1) is 0 Å². The van der Waals surface area contributed by atoms with Gasteiger partial charge in [-0.15, -0.1) is 0 Å². The van der Waals surface area contributed by atoms with Crippen molar-refractivity contribution in [2.45, 2.75) is 44.6 Å². The van der Waals surface area contributed by atoms with Gasteiger partial charge in [-0.25, -0.2) is 4.79 Å². The normalized spacial score (nSPS) is 33.3. The van der Waals surface area contributed by atoms with Gasteiger partial charge in [-0.3, -0.25) is 14.5 Å². The Morgan fingerprint density at radius 1 is 1.43 bits per heavy atom. The Morgan fingerprint density at radius 2 is 2.13 bits per heavy atom. The Kier molecular flexibility index (Phi) is 5.19. The SMILES string of the molecule is CC(=O)OC[C@H]1O[C@@H](N2C=CC(N)NC2=O)[C@@H](OC(C)=O)[C@@H]1O. The number of esters is 2. The van der Waals surface area contributed by atoms with Crippen LogP contribution in [0.25, 0.3) is 0 Å². The highest BCUT2D eigenvalue weighted by Crippen LogP contribution is 2.28. The van der Waals surface area contributed by atoms with Gasteiger partial charge in [0.1, 0.15) is 18.8 Å². The maximum Gasteiger partial charge on any atom is 0.325 e. The van der Waals surface area contributed by atoms with E-state index in [4.69, 9.17) is 19.9 Å². The van der Waals surface area contributed by atoms with Crippen molar-refractivity contribution in [3.63, 3.8) is 0 Å². The fraction of sp³-hybridized carbons (Fsp3) is 0.615. The first-order chi connectivity index (χ1) is 10.8. The summed E-state index contributed by atoms with van der Waals surface area (Å²) < 4.78 is 15.4. The summed E-state index contributed by atoms with van der Waals surface area (Å²) in [6.45, 7) is 2.15. The van der Waals surface area contributed by atoms with E-state index >= 15 is 0 Å². The highest BCUT2D eigenvalue weighted by Gasteiger charge is 2.50. The van der Waals surface area contributed by atoms with Gasteiger partial charge in [-0.05, 0) is 6.08 Å². The maximum atomic E-state index is 12.0. The molecule has 2 aliphatic heterocycles. The summed E-state index contributed by atoms with van der Waals surface area (Å²) >= 11 is 0. The van der Waals surface area contributed by atoms with E-state index < -0.39 is 48.7 Å². The average molecular weight is 329 g/mol. The van der Waals surface area contributed by atoms with E-state index in [9.17, 15) is 19.5 Å². The van der Waals surface area contributed by atoms with Crippen molar-refractivity contribution in [3.8, 4) is 0 Å². The van der Waals surface area contributed by atoms with Gasteiger partial charge in [0.05, 0.1) is 6.17 Å². The molecule has 2 aliphatic rings. The molecular weight excluding hydrogens is 310 g/mol. The molecule has 0 saturated carbocycles. The standard InChI is InChI=1S/C13H19N3O7/c1-6(17)21-5-8-10(19)11(22-7(2)18)12(23-8)16-4-3-9(14)15-13(16)20/h3-4,8-12,19H,5,14H2,1-2H3,(H,15,20)/t8-,9?,10-,11+,12-/m1/s1. The third kappa shape index (κ3) is 3.97. The zero-order chi connectivity index (χ0) is 17.1. The summed E-state index contributed by atoms with van der Waals surface area (Å²) in [6, 6.07) is -0.567. The third-order valence-electron chi connectivity index (χ3n) is 3.32. The van der Waals surface area contributed by atoms with Crippen molar-refractivity contribution in [1.82, 2.24) is 10.2 Å². The fourth-order valence-corrected chi connectivity index (χ4v) is 2.32. The van der Waals surface area contributed by atoms with Gasteiger partial charge in [-0.2, -0.15) is 0 Å². The van der Waals surface area contributed by atoms with Crippen molar-refractivity contribution in [1.29, 1.82) is 0 Å². The number of hydrogen-bond donors (Lipinski definition) is 3. The lowest BCUT2D eigenvalue weighted by Crippen LogP contribution is -2.55. The number of hydrogen-bond acceptors (Lipinski definition) is 8. The van der Waals surface area contributed by atoms with Crippen molar-refractivity contribution in [2.75, 3.05) is 6.61 Å². The van der Waals surface area contributed by atoms with E-state index in [0.717, 1.165) is 4.90 Å². The Balaban J connectivity index is 2.17. The van der Waals surface area contributed by atoms with Crippen molar-refractivity contribution < 1.29 is 33.7 Å². The highest BCUT2D eigenvalue weighted by atomic mass is 16.6. The van der Waals surface area contributed by atoms with Crippen LogP contribution in [0.4, 0.5) is 4.79 Å². The summed E-state index contributed by atoms with van der Waals surface area (Å²) in [7, 11) is 0. The van der Waals surface area contributed by atoms with E-state index in [0.29, 0.717) is 0 Å². The van der Waals surface area contributed by atoms with Crippen LogP contribution < -0.4 is 11.1 Å². The minimum atomic E-state index is -1.26. The molecule has 2 heterocycles. The first kappa shape index (κ1) is 17.2. The number of aliphatic hydroxyl groups excluding tert-OH is 1. The molecule has 4 N–H and O–H groups in total. The second-order valence-corrected chi connectivity index (χ2v) is 5.16. The van der Waals surface area contributed by atoms with Gasteiger partial charge in [-0.1, -0.05) is 0 Å². The second kappa shape index (κ2) is 6.94. The molecule has 10 nitrogen and oxygen atoms in total. The minimum absolute atomic E-state index is 0.233. The minimum Gasteiger partial charge on any atom is -0.463 e. The van der Waals surface area contributed by atoms with Crippen LogP contribution >= 0.6 is 0 Å². The van der Waals surface area contributed by atoms with Crippen LogP contribution in [0.2, 0.25) is 0 Å². The number of nitrogens with one attached hydrogen (secondary N) is 1. The molecule has 1 unspecified atom stereocenters. The molecule has 0 radical (unpaired) electrons. The molecule has 1 saturated heterocycles. The largest absolute Gasteiger partial charge is 0.463 e. The molecule has 0 aliphatic carbocycles. The Bertz CT molecular complexity index is 524. The van der Waals surface area contributed by atoms with E-state index in [-0.39, 0.29) is 6.61 Å². The number of carbonyl (C=O) groups is 3. The summed E-state index contributed by atoms with van der Waals surface area (Å²) in [5.41, 5.74) is 5.56. The quantitative estimate of drug-likeness (QED) is 0.523. The lowest BCUT2D eigenvalue weighted by molar-refractivity contribution is -0.156. The highest BCUT2D eigenvalue weighted by molar-refractivity contribution is 5.77. The molecule has 0 aromatic heterocycles. The van der Waals surface area contributed by atoms with Gasteiger partial charge in [0.25, 0.3) is 0 Å². The number of amides is 2. The number of nitrogens with two attached hydrogens (primary N) is 1. The lowest BCUT2D eigenvalue weighted by Gasteiger charge is -2.32. The summed E-state index contributed by atoms with van der Waals surface area (Å²) in [5, 5.41) is 12.7. The second-order valence-electron chi connectivity index (χ2n) is 5.16. The van der Waals surface area contributed by atoms with Gasteiger partial charge in [0.15, 0.2) is 12.3 Å². The molecule has 2 amide bonds. The summed E-state index contributed by atoms with van der Waals surface area (Å²) in [6.07, 6.45) is -2.16. The van der Waals surface area contributed by atoms with Gasteiger partial charge in [0.2, 0.25) is 0 Å². The lowest BCUT2D eigenvalue weighted by atomic mass is 10.1. The molecule has 0 bridgehead atoms. The van der Waals surface area contributed by atoms with E-state index in [2.05, 4.69) is 5.32 Å². The zero-order valence-electron chi connectivity index (χ0n) is 12.7. The van der Waals surface area contributed by atoms with E-state index in [1.807, 2.05) is 0 Å². The third-order valence-corrected chi connectivity index (χ3v) is 3.32. The number of nitrogens with zero attached hydrogens (tertiary/aromatic N) is 1. The van der Waals surface area contributed by atoms with Crippen LogP contribution in [0.5, 0.6) is 0 Å². The van der Waals surface area contributed by atoms with Crippen LogP contribution in [-0.4, -0.2) is 65.3 Å². The Labute approximate surface area is 132 Å². The van der Waals surface area contributed by atoms with Crippen molar-refractivity contribution in [2.24, 2.45) is 5.73 Å². The molecule has 0 aromatic carbocycles. The van der Waals surface area contributed by atoms with Gasteiger partial charge < -0.3 is 30.4 Å². The first-order valence-electron chi connectivity index (χ1n) is 6.96. The molecule has 0 spiro atoms. The molecule has 1 fully saturated rings. The number of ether oxygens (including phenoxy) is 3. The van der Waals surface area contributed by atoms with E-state index in [1.165, 1.54) is 26.1 Å². The number of aliphatic hydroxyl groups is 1. The van der Waals surface area contributed by atoms with Crippen molar-refractivity contribution >= 4 is 18.0 Å². The topological polar surface area (TPSA) is 140 Å². The van der Waals surface area contributed by atoms with Crippen LogP contribution in [-0.2, 0) is 23.8 Å². The molecule has 23 heavy (non-hydrogen) atoms. The van der Waals surface area contributed by atoms with Crippen molar-refractivity contribution in [3.05, 3.63) is 12.3 Å². The smallest absolute Gasteiger partial charge is 0.325 e. The summed E-state index contributed by atoms with van der Waals surface area (Å²) in [4.78, 5) is 35.3. The molecular formula is C13H19N3O7. The number of carbonyl (C=O) groups excluding carboxylic acids is 3. The zero-order valence-corrected chi connectivity index (χ0v) is 12.7. The van der Waals surface area contributed by atoms with Crippen LogP contribution in [0.15, 0.2) is 12.3 Å². The monoisotopic (exact) mass is 329 g/mol. The van der Waals surface area contributed by atoms with E-state index in [1.54, 1.807) is 0 Å². The van der Waals surface area contributed by atoms with Gasteiger partial charge >= 0.3 is 18.0 Å². The van der Waals surface area contributed by atoms with Crippen LogP contribution in [0.3, 0.4) is 0 Å². The first-order valence-corrected chi connectivity index (χ1v) is 6.96. The molecule has 10 heteroatoms. The predicted molar refractivity (Wildman–Crippen MR) is 74.3 cm³/mol. The predicted octanol–water partition coefficient (Wildman–Crippen LogP) is -1.61. The Morgan fingerprint density at radius 3 is 2.70 bits per heavy atom. The average Bonchev–Trinajstić information content (AvgIpc) is 2.73. The molecule has 0 aromatic rings. The molecule has 2 rings (SSSR count). The number of rotatable bonds is 4. The van der Waals surface area contributed by atoms with Crippen LogP contribution in [0.1, 0.15) is 13.8 Å². The summed E-state index contributed by atoms with van der Waals surface area (Å²) in [5.74, 6) is -1.19. The Hall–Kier alpha value is -2.17. The molecule has 128 valence electrons. The maximum absolute atomic E-state index is 12.0. The fourth-order valence-electron chi connectivity index (χ4n) is 2.32. The number of urea groups is 1. The van der Waals surface area contributed by atoms with Gasteiger partial charge in [0, 0.05) is 20.0 Å².